The second kappa shape index (κ2) is 15.3. The van der Waals surface area contributed by atoms with E-state index in [1.165, 1.54) is 28.7 Å². The van der Waals surface area contributed by atoms with E-state index < -0.39 is 0 Å². The summed E-state index contributed by atoms with van der Waals surface area (Å²) in [6, 6.07) is 0. The number of nitrogens with zero attached hydrogens (tertiary/aromatic N) is 1. The van der Waals surface area contributed by atoms with E-state index in [9.17, 15) is 4.79 Å². The molecular formula is C26H44N2O. The van der Waals surface area contributed by atoms with Crippen molar-refractivity contribution in [2.75, 3.05) is 26.2 Å². The van der Waals surface area contributed by atoms with Crippen LogP contribution in [0.1, 0.15) is 86.0 Å². The molecule has 1 amide bonds. The zero-order chi connectivity index (χ0) is 21.5. The van der Waals surface area contributed by atoms with Crippen LogP contribution in [0.25, 0.3) is 0 Å². The van der Waals surface area contributed by atoms with Gasteiger partial charge in [-0.1, -0.05) is 46.6 Å². The summed E-state index contributed by atoms with van der Waals surface area (Å²) in [5.74, 6) is 0.301. The molecule has 1 aliphatic heterocycles. The fraction of sp³-hybridized carbons (Fsp3) is 0.654. The Balaban J connectivity index is 2.19. The Bertz CT molecular complexity index is 600. The zero-order valence-corrected chi connectivity index (χ0v) is 19.7. The summed E-state index contributed by atoms with van der Waals surface area (Å²) in [4.78, 5) is 14.2. The summed E-state index contributed by atoms with van der Waals surface area (Å²) >= 11 is 0. The van der Waals surface area contributed by atoms with Crippen molar-refractivity contribution in [1.82, 2.24) is 10.2 Å². The molecule has 0 aromatic carbocycles. The third kappa shape index (κ3) is 13.3. The smallest absolute Gasteiger partial charge is 0.222 e. The largest absolute Gasteiger partial charge is 0.340 e. The van der Waals surface area contributed by atoms with Crippen LogP contribution in [0.4, 0.5) is 0 Å². The van der Waals surface area contributed by atoms with Crippen molar-refractivity contribution in [2.24, 2.45) is 0 Å². The summed E-state index contributed by atoms with van der Waals surface area (Å²) < 4.78 is 0. The third-order valence-corrected chi connectivity index (χ3v) is 5.47. The van der Waals surface area contributed by atoms with Gasteiger partial charge in [0.25, 0.3) is 0 Å². The van der Waals surface area contributed by atoms with Gasteiger partial charge in [-0.25, -0.2) is 0 Å². The maximum Gasteiger partial charge on any atom is 0.222 e. The number of hydrogen-bond donors (Lipinski definition) is 1. The Morgan fingerprint density at radius 1 is 0.690 bits per heavy atom. The average molecular weight is 401 g/mol. The van der Waals surface area contributed by atoms with Crippen LogP contribution in [-0.4, -0.2) is 37.0 Å². The van der Waals surface area contributed by atoms with Crippen LogP contribution in [0.3, 0.4) is 0 Å². The van der Waals surface area contributed by atoms with E-state index in [-0.39, 0.29) is 0 Å². The van der Waals surface area contributed by atoms with Crippen molar-refractivity contribution in [3.8, 4) is 0 Å². The Hall–Kier alpha value is -1.61. The number of amides is 1. The highest BCUT2D eigenvalue weighted by atomic mass is 16.2. The predicted octanol–water partition coefficient (Wildman–Crippen LogP) is 6.34. The van der Waals surface area contributed by atoms with Crippen molar-refractivity contribution in [3.63, 3.8) is 0 Å². The first-order valence-electron chi connectivity index (χ1n) is 11.5. The first kappa shape index (κ1) is 25.4. The topological polar surface area (TPSA) is 32.3 Å². The third-order valence-electron chi connectivity index (χ3n) is 5.47. The minimum Gasteiger partial charge on any atom is -0.340 e. The first-order valence-corrected chi connectivity index (χ1v) is 11.5. The molecule has 0 atom stereocenters. The molecule has 1 aliphatic rings. The molecule has 1 heterocycles. The lowest BCUT2D eigenvalue weighted by Crippen LogP contribution is -2.46. The molecule has 0 unspecified atom stereocenters. The Labute approximate surface area is 180 Å². The summed E-state index contributed by atoms with van der Waals surface area (Å²) in [7, 11) is 0. The number of carbonyl (C=O) groups is 1. The molecule has 0 saturated carbocycles. The lowest BCUT2D eigenvalue weighted by atomic mass is 10.0. The van der Waals surface area contributed by atoms with Crippen LogP contribution in [-0.2, 0) is 4.79 Å². The van der Waals surface area contributed by atoms with Crippen molar-refractivity contribution in [2.45, 2.75) is 86.0 Å². The van der Waals surface area contributed by atoms with E-state index in [4.69, 9.17) is 0 Å². The number of nitrogens with one attached hydrogen (secondary N) is 1. The van der Waals surface area contributed by atoms with Gasteiger partial charge in [0.15, 0.2) is 0 Å². The fourth-order valence-electron chi connectivity index (χ4n) is 3.50. The van der Waals surface area contributed by atoms with E-state index in [2.05, 4.69) is 64.2 Å². The number of carbonyl (C=O) groups excluding carboxylic acids is 1. The number of hydrogen-bond acceptors (Lipinski definition) is 2. The highest BCUT2D eigenvalue weighted by molar-refractivity contribution is 5.76. The molecule has 0 bridgehead atoms. The number of rotatable bonds is 12. The lowest BCUT2D eigenvalue weighted by Gasteiger charge is -2.27. The van der Waals surface area contributed by atoms with Gasteiger partial charge in [-0.2, -0.15) is 0 Å². The Morgan fingerprint density at radius 2 is 1.10 bits per heavy atom. The van der Waals surface area contributed by atoms with Crippen LogP contribution < -0.4 is 5.32 Å². The Kier molecular flexibility index (Phi) is 13.4. The van der Waals surface area contributed by atoms with Gasteiger partial charge in [0.1, 0.15) is 0 Å². The lowest BCUT2D eigenvalue weighted by molar-refractivity contribution is -0.131. The SMILES string of the molecule is CC(C)=CCC/C(C)=C/CC/C(C)=C/CC/C(C)=C/CCC(=O)N1CCNCC1. The molecule has 0 spiro atoms. The van der Waals surface area contributed by atoms with Gasteiger partial charge in [0.2, 0.25) is 5.91 Å². The van der Waals surface area contributed by atoms with E-state index in [0.717, 1.165) is 64.7 Å². The van der Waals surface area contributed by atoms with E-state index in [0.29, 0.717) is 12.3 Å². The van der Waals surface area contributed by atoms with Crippen LogP contribution in [0.15, 0.2) is 46.6 Å². The number of piperazine rings is 1. The summed E-state index contributed by atoms with van der Waals surface area (Å²) in [5, 5.41) is 3.29. The zero-order valence-electron chi connectivity index (χ0n) is 19.7. The molecule has 1 saturated heterocycles. The molecule has 1 fully saturated rings. The van der Waals surface area contributed by atoms with Crippen molar-refractivity contribution in [3.05, 3.63) is 46.6 Å². The molecule has 3 heteroatoms. The molecule has 0 radical (unpaired) electrons. The molecule has 164 valence electrons. The maximum absolute atomic E-state index is 12.2. The van der Waals surface area contributed by atoms with Gasteiger partial charge < -0.3 is 10.2 Å². The van der Waals surface area contributed by atoms with Gasteiger partial charge in [0.05, 0.1) is 0 Å². The van der Waals surface area contributed by atoms with Crippen molar-refractivity contribution >= 4 is 5.91 Å². The standard InChI is InChI=1S/C26H44N2O/c1-22(2)10-6-11-23(3)12-7-13-24(4)14-8-15-25(5)16-9-17-26(29)28-20-18-27-19-21-28/h10,12,14,16,27H,6-9,11,13,15,17-21H2,1-5H3/b23-12+,24-14+,25-16+. The van der Waals surface area contributed by atoms with E-state index in [1.54, 1.807) is 0 Å². The van der Waals surface area contributed by atoms with Gasteiger partial charge in [0, 0.05) is 32.6 Å². The molecule has 1 rings (SSSR count). The van der Waals surface area contributed by atoms with Crippen LogP contribution in [0.5, 0.6) is 0 Å². The average Bonchev–Trinajstić information content (AvgIpc) is 2.68. The van der Waals surface area contributed by atoms with Crippen molar-refractivity contribution < 1.29 is 4.79 Å². The van der Waals surface area contributed by atoms with Crippen LogP contribution in [0, 0.1) is 0 Å². The highest BCUT2D eigenvalue weighted by Crippen LogP contribution is 2.14. The highest BCUT2D eigenvalue weighted by Gasteiger charge is 2.14. The number of allylic oxidation sites excluding steroid dienone is 8. The maximum atomic E-state index is 12.2. The monoisotopic (exact) mass is 400 g/mol. The minimum absolute atomic E-state index is 0.301. The summed E-state index contributed by atoms with van der Waals surface area (Å²) in [6.07, 6.45) is 17.7. The van der Waals surface area contributed by atoms with E-state index >= 15 is 0 Å². The second-order valence-corrected chi connectivity index (χ2v) is 8.72. The van der Waals surface area contributed by atoms with Crippen LogP contribution >= 0.6 is 0 Å². The van der Waals surface area contributed by atoms with Crippen LogP contribution in [0.2, 0.25) is 0 Å². The van der Waals surface area contributed by atoms with Gasteiger partial charge in [-0.05, 0) is 79.6 Å². The molecule has 0 aliphatic carbocycles. The molecule has 3 nitrogen and oxygen atoms in total. The minimum atomic E-state index is 0.301. The molecule has 0 aromatic heterocycles. The quantitative estimate of drug-likeness (QED) is 0.387. The molecule has 1 N–H and O–H groups in total. The summed E-state index contributed by atoms with van der Waals surface area (Å²) in [5.41, 5.74) is 5.80. The molecule has 0 aromatic rings. The fourth-order valence-corrected chi connectivity index (χ4v) is 3.50. The second-order valence-electron chi connectivity index (χ2n) is 8.72. The van der Waals surface area contributed by atoms with Gasteiger partial charge >= 0.3 is 0 Å². The van der Waals surface area contributed by atoms with Gasteiger partial charge in [-0.15, -0.1) is 0 Å². The van der Waals surface area contributed by atoms with E-state index in [1.807, 2.05) is 4.90 Å². The Morgan fingerprint density at radius 3 is 1.55 bits per heavy atom. The molecule has 29 heavy (non-hydrogen) atoms. The van der Waals surface area contributed by atoms with Gasteiger partial charge in [-0.3, -0.25) is 4.79 Å². The normalized spacial score (nSPS) is 16.2. The first-order chi connectivity index (χ1) is 13.9. The van der Waals surface area contributed by atoms with Crippen molar-refractivity contribution in [1.29, 1.82) is 0 Å². The predicted molar refractivity (Wildman–Crippen MR) is 127 cm³/mol. The molecular weight excluding hydrogens is 356 g/mol. The summed E-state index contributed by atoms with van der Waals surface area (Å²) in [6.45, 7) is 14.6.